The molecule has 0 bridgehead atoms. The molecule has 0 rings (SSSR count). The van der Waals surface area contributed by atoms with Gasteiger partial charge < -0.3 is 5.32 Å². The summed E-state index contributed by atoms with van der Waals surface area (Å²) in [5.74, 6) is 0. The second-order valence-corrected chi connectivity index (χ2v) is 3.60. The molecule has 0 aromatic carbocycles. The highest BCUT2D eigenvalue weighted by Gasteiger charge is 2.06. The summed E-state index contributed by atoms with van der Waals surface area (Å²) in [5.41, 5.74) is 0.237. The summed E-state index contributed by atoms with van der Waals surface area (Å²) in [5, 5.41) is 6.63. The molecule has 0 atom stereocenters. The van der Waals surface area contributed by atoms with Crippen LogP contribution >= 0.6 is 0 Å². The van der Waals surface area contributed by atoms with Crippen LogP contribution in [-0.2, 0) is 0 Å². The Hall–Kier alpha value is -0.0800. The van der Waals surface area contributed by atoms with E-state index in [0.29, 0.717) is 0 Å². The molecule has 0 amide bonds. The van der Waals surface area contributed by atoms with Crippen LogP contribution in [0.2, 0.25) is 0 Å². The molecule has 0 saturated heterocycles. The minimum atomic E-state index is 0.237. The van der Waals surface area contributed by atoms with Gasteiger partial charge in [0, 0.05) is 12.2 Å². The van der Waals surface area contributed by atoms with Crippen LogP contribution in [0.3, 0.4) is 0 Å². The third kappa shape index (κ3) is 7.92. The largest absolute Gasteiger partial charge is 0.304 e. The molecule has 2 nitrogen and oxygen atoms in total. The van der Waals surface area contributed by atoms with Gasteiger partial charge >= 0.3 is 0 Å². The van der Waals surface area contributed by atoms with E-state index in [1.165, 1.54) is 6.42 Å². The Kier molecular flexibility index (Phi) is 4.65. The third-order valence-electron chi connectivity index (χ3n) is 1.17. The van der Waals surface area contributed by atoms with Crippen molar-refractivity contribution < 1.29 is 0 Å². The molecule has 0 spiro atoms. The molecule has 0 aromatic rings. The van der Waals surface area contributed by atoms with E-state index < -0.39 is 0 Å². The van der Waals surface area contributed by atoms with Crippen molar-refractivity contribution in [2.45, 2.75) is 39.7 Å². The monoisotopic (exact) mass is 144 g/mol. The van der Waals surface area contributed by atoms with Crippen molar-refractivity contribution in [2.24, 2.45) is 0 Å². The lowest BCUT2D eigenvalue weighted by Gasteiger charge is -2.20. The molecule has 10 heavy (non-hydrogen) atoms. The van der Waals surface area contributed by atoms with E-state index in [9.17, 15) is 0 Å². The first kappa shape index (κ1) is 9.92. The van der Waals surface area contributed by atoms with Gasteiger partial charge in [0.05, 0.1) is 0 Å². The van der Waals surface area contributed by atoms with Gasteiger partial charge in [0.2, 0.25) is 0 Å². The first-order valence-corrected chi connectivity index (χ1v) is 4.02. The first-order valence-electron chi connectivity index (χ1n) is 4.02. The van der Waals surface area contributed by atoms with Gasteiger partial charge in [0.25, 0.3) is 0 Å². The number of rotatable bonds is 4. The summed E-state index contributed by atoms with van der Waals surface area (Å²) in [4.78, 5) is 0. The van der Waals surface area contributed by atoms with Crippen LogP contribution in [0.25, 0.3) is 0 Å². The quantitative estimate of drug-likeness (QED) is 0.459. The Morgan fingerprint density at radius 2 is 1.80 bits per heavy atom. The lowest BCUT2D eigenvalue weighted by Crippen LogP contribution is -2.42. The van der Waals surface area contributed by atoms with E-state index >= 15 is 0 Å². The van der Waals surface area contributed by atoms with Crippen molar-refractivity contribution in [1.82, 2.24) is 10.6 Å². The predicted molar refractivity (Wildman–Crippen MR) is 46.0 cm³/mol. The molecule has 0 heterocycles. The maximum absolute atomic E-state index is 3.35. The molecule has 0 aromatic heterocycles. The summed E-state index contributed by atoms with van der Waals surface area (Å²) < 4.78 is 0. The average Bonchev–Trinajstić information content (AvgIpc) is 1.78. The maximum atomic E-state index is 3.35. The van der Waals surface area contributed by atoms with E-state index in [1.54, 1.807) is 0 Å². The topological polar surface area (TPSA) is 24.1 Å². The third-order valence-corrected chi connectivity index (χ3v) is 1.17. The van der Waals surface area contributed by atoms with Gasteiger partial charge in [-0.05, 0) is 33.7 Å². The van der Waals surface area contributed by atoms with Crippen LogP contribution in [0.1, 0.15) is 34.1 Å². The van der Waals surface area contributed by atoms with Gasteiger partial charge in [0.15, 0.2) is 0 Å². The van der Waals surface area contributed by atoms with Gasteiger partial charge in [-0.25, -0.2) is 0 Å². The lowest BCUT2D eigenvalue weighted by atomic mass is 10.1. The maximum Gasteiger partial charge on any atom is 0.0458 e. The molecular weight excluding hydrogens is 124 g/mol. The lowest BCUT2D eigenvalue weighted by molar-refractivity contribution is 0.404. The molecule has 0 aliphatic heterocycles. The Morgan fingerprint density at radius 1 is 1.20 bits per heavy atom. The number of hydrogen-bond acceptors (Lipinski definition) is 2. The van der Waals surface area contributed by atoms with Crippen molar-refractivity contribution in [3.8, 4) is 0 Å². The average molecular weight is 144 g/mol. The van der Waals surface area contributed by atoms with Gasteiger partial charge in [-0.1, -0.05) is 6.92 Å². The number of hydrogen-bond donors (Lipinski definition) is 2. The summed E-state index contributed by atoms with van der Waals surface area (Å²) in [7, 11) is 0. The molecule has 0 fully saturated rings. The zero-order chi connectivity index (χ0) is 8.04. The smallest absolute Gasteiger partial charge is 0.0458 e. The summed E-state index contributed by atoms with van der Waals surface area (Å²) in [6.45, 7) is 10.7. The second-order valence-electron chi connectivity index (χ2n) is 3.60. The standard InChI is InChI=1S/C8H20N2/c1-5-6-9-7-10-8(2,3)4/h9-10H,5-7H2,1-4H3. The van der Waals surface area contributed by atoms with Gasteiger partial charge in [-0.2, -0.15) is 0 Å². The second kappa shape index (κ2) is 4.69. The van der Waals surface area contributed by atoms with Gasteiger partial charge in [-0.3, -0.25) is 5.32 Å². The molecule has 0 saturated carbocycles. The van der Waals surface area contributed by atoms with Crippen molar-refractivity contribution in [1.29, 1.82) is 0 Å². The van der Waals surface area contributed by atoms with Crippen molar-refractivity contribution in [2.75, 3.05) is 13.2 Å². The zero-order valence-electron chi connectivity index (χ0n) is 7.62. The van der Waals surface area contributed by atoms with E-state index in [2.05, 4.69) is 38.3 Å². The zero-order valence-corrected chi connectivity index (χ0v) is 7.62. The molecule has 0 aliphatic carbocycles. The molecule has 2 N–H and O–H groups in total. The Labute approximate surface area is 64.4 Å². The van der Waals surface area contributed by atoms with E-state index in [1.807, 2.05) is 0 Å². The van der Waals surface area contributed by atoms with Gasteiger partial charge in [0.1, 0.15) is 0 Å². The van der Waals surface area contributed by atoms with Crippen LogP contribution in [0.5, 0.6) is 0 Å². The van der Waals surface area contributed by atoms with Crippen molar-refractivity contribution in [3.05, 3.63) is 0 Å². The van der Waals surface area contributed by atoms with Crippen LogP contribution in [0, 0.1) is 0 Å². The van der Waals surface area contributed by atoms with E-state index in [-0.39, 0.29) is 5.54 Å². The normalized spacial score (nSPS) is 12.0. The fourth-order valence-electron chi connectivity index (χ4n) is 0.593. The van der Waals surface area contributed by atoms with Gasteiger partial charge in [-0.15, -0.1) is 0 Å². The highest BCUT2D eigenvalue weighted by atomic mass is 15.1. The minimum Gasteiger partial charge on any atom is -0.304 e. The summed E-state index contributed by atoms with van der Waals surface area (Å²) in [6, 6.07) is 0. The van der Waals surface area contributed by atoms with Crippen LogP contribution < -0.4 is 10.6 Å². The Balaban J connectivity index is 3.04. The molecule has 0 aliphatic rings. The fraction of sp³-hybridized carbons (Fsp3) is 1.00. The van der Waals surface area contributed by atoms with Crippen LogP contribution in [-0.4, -0.2) is 18.8 Å². The Bertz CT molecular complexity index is 73.8. The number of nitrogens with one attached hydrogen (secondary N) is 2. The molecule has 0 radical (unpaired) electrons. The predicted octanol–water partition coefficient (Wildman–Crippen LogP) is 1.33. The SMILES string of the molecule is CCCNCNC(C)(C)C. The van der Waals surface area contributed by atoms with Crippen molar-refractivity contribution in [3.63, 3.8) is 0 Å². The highest BCUT2D eigenvalue weighted by molar-refractivity contribution is 4.68. The molecule has 2 heteroatoms. The van der Waals surface area contributed by atoms with Crippen LogP contribution in [0.4, 0.5) is 0 Å². The molecular formula is C8H20N2. The highest BCUT2D eigenvalue weighted by Crippen LogP contribution is 1.95. The summed E-state index contributed by atoms with van der Waals surface area (Å²) >= 11 is 0. The molecule has 62 valence electrons. The van der Waals surface area contributed by atoms with Crippen LogP contribution in [0.15, 0.2) is 0 Å². The van der Waals surface area contributed by atoms with Crippen molar-refractivity contribution >= 4 is 0 Å². The molecule has 0 unspecified atom stereocenters. The minimum absolute atomic E-state index is 0.237. The Morgan fingerprint density at radius 3 is 2.20 bits per heavy atom. The fourth-order valence-corrected chi connectivity index (χ4v) is 0.593. The van der Waals surface area contributed by atoms with E-state index in [4.69, 9.17) is 0 Å². The first-order chi connectivity index (χ1) is 4.56. The van der Waals surface area contributed by atoms with E-state index in [0.717, 1.165) is 13.2 Å². The summed E-state index contributed by atoms with van der Waals surface area (Å²) in [6.07, 6.45) is 1.20.